The van der Waals surface area contributed by atoms with Gasteiger partial charge in [-0.2, -0.15) is 0 Å². The molecule has 16 heavy (non-hydrogen) atoms. The normalized spacial score (nSPS) is 11.3. The van der Waals surface area contributed by atoms with Crippen LogP contribution in [0.1, 0.15) is 56.2 Å². The highest BCUT2D eigenvalue weighted by Gasteiger charge is 2.15. The average Bonchev–Trinajstić information content (AvgIpc) is 2.15. The summed E-state index contributed by atoms with van der Waals surface area (Å²) in [6, 6.07) is 4.65. The first-order valence-electron chi connectivity index (χ1n) is 6.16. The van der Waals surface area contributed by atoms with E-state index >= 15 is 0 Å². The van der Waals surface area contributed by atoms with Gasteiger partial charge in [-0.1, -0.05) is 45.4 Å². The minimum absolute atomic E-state index is 0.579. The van der Waals surface area contributed by atoms with Crippen LogP contribution in [-0.2, 0) is 0 Å². The van der Waals surface area contributed by atoms with E-state index in [0.29, 0.717) is 11.8 Å². The number of hydrogen-bond donors (Lipinski definition) is 0. The molecule has 0 aliphatic rings. The zero-order valence-corrected chi connectivity index (χ0v) is 11.8. The van der Waals surface area contributed by atoms with Crippen LogP contribution in [0.2, 0.25) is 0 Å². The molecule has 0 N–H and O–H groups in total. The third-order valence-electron chi connectivity index (χ3n) is 3.00. The molecular weight excluding hydrogens is 194 g/mol. The van der Waals surface area contributed by atoms with Gasteiger partial charge in [0.1, 0.15) is 0 Å². The third kappa shape index (κ3) is 2.58. The maximum Gasteiger partial charge on any atom is 0.0431 e. The molecular formula is C15H25N. The summed E-state index contributed by atoms with van der Waals surface area (Å²) in [5.41, 5.74) is 5.72. The molecule has 90 valence electrons. The van der Waals surface area contributed by atoms with Gasteiger partial charge in [0.05, 0.1) is 0 Å². The van der Waals surface area contributed by atoms with E-state index in [1.54, 1.807) is 0 Å². The van der Waals surface area contributed by atoms with Crippen LogP contribution in [0.25, 0.3) is 0 Å². The molecule has 0 unspecified atom stereocenters. The first-order chi connectivity index (χ1) is 7.34. The number of aryl methyl sites for hydroxylation is 1. The van der Waals surface area contributed by atoms with Crippen molar-refractivity contribution in [1.29, 1.82) is 0 Å². The average molecular weight is 219 g/mol. The molecule has 1 aromatic rings. The van der Waals surface area contributed by atoms with Crippen LogP contribution in [0.4, 0.5) is 5.69 Å². The molecule has 0 saturated heterocycles. The highest BCUT2D eigenvalue weighted by Crippen LogP contribution is 2.35. The van der Waals surface area contributed by atoms with Crippen molar-refractivity contribution in [2.45, 2.75) is 46.5 Å². The summed E-state index contributed by atoms with van der Waals surface area (Å²) in [6.07, 6.45) is 0. The van der Waals surface area contributed by atoms with Gasteiger partial charge in [-0.15, -0.1) is 0 Å². The van der Waals surface area contributed by atoms with E-state index in [1.165, 1.54) is 22.4 Å². The van der Waals surface area contributed by atoms with Crippen LogP contribution in [-0.4, -0.2) is 14.1 Å². The molecule has 0 heterocycles. The summed E-state index contributed by atoms with van der Waals surface area (Å²) in [5, 5.41) is 0. The predicted octanol–water partition coefficient (Wildman–Crippen LogP) is 4.31. The highest BCUT2D eigenvalue weighted by atomic mass is 15.1. The Kier molecular flexibility index (Phi) is 4.01. The summed E-state index contributed by atoms with van der Waals surface area (Å²) in [6.45, 7) is 11.3. The molecule has 0 aliphatic carbocycles. The first kappa shape index (κ1) is 13.1. The second kappa shape index (κ2) is 4.90. The molecule has 1 aromatic carbocycles. The van der Waals surface area contributed by atoms with Crippen LogP contribution in [0, 0.1) is 6.92 Å². The predicted molar refractivity (Wildman–Crippen MR) is 73.7 cm³/mol. The summed E-state index contributed by atoms with van der Waals surface area (Å²) in [5.74, 6) is 1.16. The van der Waals surface area contributed by atoms with Gasteiger partial charge in [0.2, 0.25) is 0 Å². The minimum atomic E-state index is 0.579. The van der Waals surface area contributed by atoms with Crippen molar-refractivity contribution in [2.75, 3.05) is 19.0 Å². The van der Waals surface area contributed by atoms with Crippen LogP contribution in [0.3, 0.4) is 0 Å². The number of anilines is 1. The zero-order chi connectivity index (χ0) is 12.5. The van der Waals surface area contributed by atoms with Crippen LogP contribution in [0.15, 0.2) is 12.1 Å². The summed E-state index contributed by atoms with van der Waals surface area (Å²) < 4.78 is 0. The second-order valence-corrected chi connectivity index (χ2v) is 5.50. The van der Waals surface area contributed by atoms with Gasteiger partial charge in [0.15, 0.2) is 0 Å². The maximum atomic E-state index is 2.33. The Morgan fingerprint density at radius 1 is 0.875 bits per heavy atom. The summed E-state index contributed by atoms with van der Waals surface area (Å²) in [4.78, 5) is 2.25. The lowest BCUT2D eigenvalue weighted by Gasteiger charge is -2.26. The van der Waals surface area contributed by atoms with Crippen molar-refractivity contribution in [3.63, 3.8) is 0 Å². The zero-order valence-electron chi connectivity index (χ0n) is 11.8. The Hall–Kier alpha value is -0.980. The summed E-state index contributed by atoms with van der Waals surface area (Å²) >= 11 is 0. The van der Waals surface area contributed by atoms with Crippen molar-refractivity contribution < 1.29 is 0 Å². The molecule has 0 bridgehead atoms. The maximum absolute atomic E-state index is 2.33. The van der Waals surface area contributed by atoms with Crippen molar-refractivity contribution in [1.82, 2.24) is 0 Å². The van der Waals surface area contributed by atoms with Gasteiger partial charge in [-0.25, -0.2) is 0 Å². The minimum Gasteiger partial charge on any atom is -0.377 e. The van der Waals surface area contributed by atoms with Crippen molar-refractivity contribution in [2.24, 2.45) is 0 Å². The highest BCUT2D eigenvalue weighted by molar-refractivity contribution is 5.62. The quantitative estimate of drug-likeness (QED) is 0.732. The second-order valence-electron chi connectivity index (χ2n) is 5.50. The van der Waals surface area contributed by atoms with Crippen LogP contribution in [0.5, 0.6) is 0 Å². The fourth-order valence-electron chi connectivity index (χ4n) is 2.23. The van der Waals surface area contributed by atoms with E-state index in [9.17, 15) is 0 Å². The molecule has 1 rings (SSSR count). The first-order valence-corrected chi connectivity index (χ1v) is 6.16. The van der Waals surface area contributed by atoms with Gasteiger partial charge in [-0.05, 0) is 29.9 Å². The smallest absolute Gasteiger partial charge is 0.0431 e. The van der Waals surface area contributed by atoms with E-state index in [0.717, 1.165) is 0 Å². The van der Waals surface area contributed by atoms with E-state index in [1.807, 2.05) is 0 Å². The molecule has 0 fully saturated rings. The number of rotatable bonds is 3. The van der Waals surface area contributed by atoms with Crippen molar-refractivity contribution >= 4 is 5.69 Å². The monoisotopic (exact) mass is 219 g/mol. The Balaban J connectivity index is 3.48. The largest absolute Gasteiger partial charge is 0.377 e. The van der Waals surface area contributed by atoms with E-state index < -0.39 is 0 Å². The van der Waals surface area contributed by atoms with Gasteiger partial charge < -0.3 is 4.90 Å². The van der Waals surface area contributed by atoms with Crippen molar-refractivity contribution in [3.8, 4) is 0 Å². The lowest BCUT2D eigenvalue weighted by molar-refractivity contribution is 0.820. The molecule has 0 radical (unpaired) electrons. The number of benzene rings is 1. The van der Waals surface area contributed by atoms with E-state index in [-0.39, 0.29) is 0 Å². The Morgan fingerprint density at radius 3 is 1.50 bits per heavy atom. The molecule has 1 nitrogen and oxygen atoms in total. The lowest BCUT2D eigenvalue weighted by Crippen LogP contribution is -2.15. The molecule has 0 aromatic heterocycles. The molecule has 0 amide bonds. The topological polar surface area (TPSA) is 3.24 Å². The Labute approximate surface area is 100 Å². The van der Waals surface area contributed by atoms with Crippen molar-refractivity contribution in [3.05, 3.63) is 28.8 Å². The fourth-order valence-corrected chi connectivity index (χ4v) is 2.23. The SMILES string of the molecule is Cc1cc(C(C)C)c(N(C)C)c(C(C)C)c1. The molecule has 1 heteroatoms. The Bertz CT molecular complexity index is 333. The molecule has 0 aliphatic heterocycles. The molecule has 0 saturated carbocycles. The fraction of sp³-hybridized carbons (Fsp3) is 0.600. The van der Waals surface area contributed by atoms with E-state index in [4.69, 9.17) is 0 Å². The van der Waals surface area contributed by atoms with Crippen LogP contribution < -0.4 is 4.90 Å². The van der Waals surface area contributed by atoms with Gasteiger partial charge in [0.25, 0.3) is 0 Å². The number of hydrogen-bond acceptors (Lipinski definition) is 1. The lowest BCUT2D eigenvalue weighted by atomic mass is 9.90. The van der Waals surface area contributed by atoms with E-state index in [2.05, 4.69) is 65.7 Å². The number of nitrogens with zero attached hydrogens (tertiary/aromatic N) is 1. The molecule has 0 spiro atoms. The van der Waals surface area contributed by atoms with Gasteiger partial charge in [0, 0.05) is 19.8 Å². The Morgan fingerprint density at radius 2 is 1.25 bits per heavy atom. The molecule has 0 atom stereocenters. The third-order valence-corrected chi connectivity index (χ3v) is 3.00. The van der Waals surface area contributed by atoms with Gasteiger partial charge >= 0.3 is 0 Å². The van der Waals surface area contributed by atoms with Crippen LogP contribution >= 0.6 is 0 Å². The van der Waals surface area contributed by atoms with Gasteiger partial charge in [-0.3, -0.25) is 0 Å². The standard InChI is InChI=1S/C15H25N/c1-10(2)13-8-12(5)9-14(11(3)4)15(13)16(6)7/h8-11H,1-7H3. The summed E-state index contributed by atoms with van der Waals surface area (Å²) in [7, 11) is 4.28.